The van der Waals surface area contributed by atoms with E-state index in [0.29, 0.717) is 4.91 Å². The van der Waals surface area contributed by atoms with Crippen molar-refractivity contribution in [3.8, 4) is 0 Å². The predicted molar refractivity (Wildman–Crippen MR) is 86.2 cm³/mol. The molecule has 0 saturated carbocycles. The summed E-state index contributed by atoms with van der Waals surface area (Å²) in [5.41, 5.74) is 0.263. The Balaban J connectivity index is 1.77. The van der Waals surface area contributed by atoms with E-state index in [0.717, 1.165) is 16.6 Å². The van der Waals surface area contributed by atoms with Crippen LogP contribution in [0.4, 0.5) is 4.39 Å². The molecule has 1 aliphatic heterocycles. The van der Waals surface area contributed by atoms with Gasteiger partial charge < -0.3 is 5.32 Å². The molecule has 0 aliphatic carbocycles. The molecule has 1 aliphatic rings. The average Bonchev–Trinajstić information content (AvgIpc) is 3.11. The Kier molecular flexibility index (Phi) is 4.17. The van der Waals surface area contributed by atoms with E-state index in [2.05, 4.69) is 10.3 Å². The minimum absolute atomic E-state index is 0.224. The van der Waals surface area contributed by atoms with Gasteiger partial charge in [0.15, 0.2) is 5.17 Å². The lowest BCUT2D eigenvalue weighted by Gasteiger charge is -1.96. The number of thioether (sulfide) groups is 1. The SMILES string of the molecule is O=C1NC(=NC(=O)c2ccc(F)cc2)S/C1=C\c1cccs1. The number of amides is 2. The Labute approximate surface area is 133 Å². The summed E-state index contributed by atoms with van der Waals surface area (Å²) in [6.07, 6.45) is 1.75. The van der Waals surface area contributed by atoms with Crippen molar-refractivity contribution in [1.29, 1.82) is 0 Å². The van der Waals surface area contributed by atoms with Crippen molar-refractivity contribution in [2.24, 2.45) is 4.99 Å². The van der Waals surface area contributed by atoms with Gasteiger partial charge in [0.1, 0.15) is 5.82 Å². The van der Waals surface area contributed by atoms with Gasteiger partial charge in [-0.25, -0.2) is 4.39 Å². The number of benzene rings is 1. The molecule has 1 fully saturated rings. The van der Waals surface area contributed by atoms with E-state index in [4.69, 9.17) is 0 Å². The van der Waals surface area contributed by atoms with Gasteiger partial charge in [-0.05, 0) is 53.5 Å². The van der Waals surface area contributed by atoms with Crippen LogP contribution in [0.1, 0.15) is 15.2 Å². The largest absolute Gasteiger partial charge is 0.300 e. The molecule has 1 N–H and O–H groups in total. The highest BCUT2D eigenvalue weighted by Crippen LogP contribution is 2.27. The van der Waals surface area contributed by atoms with Crippen molar-refractivity contribution in [2.75, 3.05) is 0 Å². The Bertz CT molecular complexity index is 780. The molecule has 110 valence electrons. The Morgan fingerprint density at radius 3 is 2.68 bits per heavy atom. The lowest BCUT2D eigenvalue weighted by Crippen LogP contribution is -2.20. The standard InChI is InChI=1S/C15H9FN2O2S2/c16-10-5-3-9(4-6-10)13(19)17-15-18-14(20)12(22-15)8-11-2-1-7-21-11/h1-8H,(H,17,18,19,20)/b12-8-. The first-order valence-corrected chi connectivity index (χ1v) is 7.94. The number of carbonyl (C=O) groups is 2. The summed E-state index contributed by atoms with van der Waals surface area (Å²) in [4.78, 5) is 29.1. The van der Waals surface area contributed by atoms with Gasteiger partial charge in [0.05, 0.1) is 4.91 Å². The number of amidine groups is 1. The van der Waals surface area contributed by atoms with Crippen molar-refractivity contribution in [3.63, 3.8) is 0 Å². The maximum atomic E-state index is 12.8. The van der Waals surface area contributed by atoms with E-state index in [1.165, 1.54) is 35.6 Å². The van der Waals surface area contributed by atoms with Gasteiger partial charge in [0.2, 0.25) is 0 Å². The van der Waals surface area contributed by atoms with E-state index >= 15 is 0 Å². The summed E-state index contributed by atoms with van der Waals surface area (Å²) in [5, 5.41) is 4.68. The molecule has 3 rings (SSSR count). The first kappa shape index (κ1) is 14.7. The van der Waals surface area contributed by atoms with Gasteiger partial charge in [0.25, 0.3) is 11.8 Å². The highest BCUT2D eigenvalue weighted by Gasteiger charge is 2.24. The molecule has 22 heavy (non-hydrogen) atoms. The predicted octanol–water partition coefficient (Wildman–Crippen LogP) is 3.29. The summed E-state index contributed by atoms with van der Waals surface area (Å²) in [6, 6.07) is 8.87. The topological polar surface area (TPSA) is 58.5 Å². The van der Waals surface area contributed by atoms with Crippen molar-refractivity contribution >= 4 is 46.2 Å². The minimum atomic E-state index is -0.528. The molecule has 1 aromatic heterocycles. The second kappa shape index (κ2) is 6.25. The van der Waals surface area contributed by atoms with Gasteiger partial charge in [-0.1, -0.05) is 6.07 Å². The van der Waals surface area contributed by atoms with Crippen LogP contribution in [0.15, 0.2) is 51.7 Å². The first-order valence-electron chi connectivity index (χ1n) is 6.25. The second-order valence-electron chi connectivity index (χ2n) is 4.31. The third kappa shape index (κ3) is 3.32. The van der Waals surface area contributed by atoms with Crippen LogP contribution in [-0.4, -0.2) is 17.0 Å². The molecule has 0 bridgehead atoms. The van der Waals surface area contributed by atoms with Gasteiger partial charge in [-0.15, -0.1) is 11.3 Å². The van der Waals surface area contributed by atoms with Gasteiger partial charge >= 0.3 is 0 Å². The zero-order chi connectivity index (χ0) is 15.5. The number of halogens is 1. The summed E-state index contributed by atoms with van der Waals surface area (Å²) >= 11 is 2.62. The second-order valence-corrected chi connectivity index (χ2v) is 6.32. The smallest absolute Gasteiger partial charge is 0.279 e. The Hall–Kier alpha value is -2.25. The van der Waals surface area contributed by atoms with E-state index in [-0.39, 0.29) is 16.6 Å². The summed E-state index contributed by atoms with van der Waals surface area (Å²) in [6.45, 7) is 0. The van der Waals surface area contributed by atoms with E-state index < -0.39 is 11.7 Å². The molecular weight excluding hydrogens is 323 g/mol. The van der Waals surface area contributed by atoms with E-state index in [9.17, 15) is 14.0 Å². The number of thiophene rings is 1. The Morgan fingerprint density at radius 1 is 1.23 bits per heavy atom. The molecule has 4 nitrogen and oxygen atoms in total. The lowest BCUT2D eigenvalue weighted by molar-refractivity contribution is -0.115. The van der Waals surface area contributed by atoms with Crippen molar-refractivity contribution in [2.45, 2.75) is 0 Å². The molecule has 0 unspecified atom stereocenters. The number of rotatable bonds is 2. The summed E-state index contributed by atoms with van der Waals surface area (Å²) in [5.74, 6) is -1.24. The third-order valence-electron chi connectivity index (χ3n) is 2.76. The molecule has 1 aromatic carbocycles. The number of hydrogen-bond donors (Lipinski definition) is 1. The fraction of sp³-hybridized carbons (Fsp3) is 0. The van der Waals surface area contributed by atoms with E-state index in [1.807, 2.05) is 17.5 Å². The van der Waals surface area contributed by atoms with Crippen LogP contribution in [0.25, 0.3) is 6.08 Å². The van der Waals surface area contributed by atoms with Crippen LogP contribution in [0.2, 0.25) is 0 Å². The molecular formula is C15H9FN2O2S2. The molecule has 2 amide bonds. The van der Waals surface area contributed by atoms with Crippen molar-refractivity contribution in [1.82, 2.24) is 5.32 Å². The molecule has 1 saturated heterocycles. The average molecular weight is 332 g/mol. The highest BCUT2D eigenvalue weighted by atomic mass is 32.2. The molecule has 2 aromatic rings. The van der Waals surface area contributed by atoms with Gasteiger partial charge in [-0.3, -0.25) is 9.59 Å². The first-order chi connectivity index (χ1) is 10.6. The molecule has 0 radical (unpaired) electrons. The fourth-order valence-corrected chi connectivity index (χ4v) is 3.27. The fourth-order valence-electron chi connectivity index (χ4n) is 1.73. The summed E-state index contributed by atoms with van der Waals surface area (Å²) in [7, 11) is 0. The maximum Gasteiger partial charge on any atom is 0.279 e. The van der Waals surface area contributed by atoms with Crippen LogP contribution >= 0.6 is 23.1 Å². The Morgan fingerprint density at radius 2 is 2.00 bits per heavy atom. The monoisotopic (exact) mass is 332 g/mol. The van der Waals surface area contributed by atoms with Crippen molar-refractivity contribution < 1.29 is 14.0 Å². The maximum absolute atomic E-state index is 12.8. The van der Waals surface area contributed by atoms with Gasteiger partial charge in [-0.2, -0.15) is 4.99 Å². The number of nitrogens with one attached hydrogen (secondary N) is 1. The third-order valence-corrected chi connectivity index (χ3v) is 4.49. The van der Waals surface area contributed by atoms with Crippen LogP contribution in [0, 0.1) is 5.82 Å². The van der Waals surface area contributed by atoms with Gasteiger partial charge in [0, 0.05) is 10.4 Å². The van der Waals surface area contributed by atoms with Crippen LogP contribution in [0.5, 0.6) is 0 Å². The zero-order valence-electron chi connectivity index (χ0n) is 11.1. The highest BCUT2D eigenvalue weighted by molar-refractivity contribution is 8.18. The van der Waals surface area contributed by atoms with Crippen molar-refractivity contribution in [3.05, 3.63) is 62.9 Å². The molecule has 0 atom stereocenters. The van der Waals surface area contributed by atoms with Crippen LogP contribution < -0.4 is 5.32 Å². The number of carbonyl (C=O) groups excluding carboxylic acids is 2. The van der Waals surface area contributed by atoms with Crippen LogP contribution in [-0.2, 0) is 4.79 Å². The molecule has 7 heteroatoms. The molecule has 0 spiro atoms. The normalized spacial score (nSPS) is 18.0. The molecule has 2 heterocycles. The zero-order valence-corrected chi connectivity index (χ0v) is 12.7. The minimum Gasteiger partial charge on any atom is -0.300 e. The summed E-state index contributed by atoms with van der Waals surface area (Å²) < 4.78 is 12.8. The number of nitrogens with zero attached hydrogens (tertiary/aromatic N) is 1. The lowest BCUT2D eigenvalue weighted by atomic mass is 10.2. The number of hydrogen-bond acceptors (Lipinski definition) is 4. The quantitative estimate of drug-likeness (QED) is 0.859. The van der Waals surface area contributed by atoms with E-state index in [1.54, 1.807) is 6.08 Å². The van der Waals surface area contributed by atoms with Crippen LogP contribution in [0.3, 0.4) is 0 Å². The number of aliphatic imine (C=N–C) groups is 1.